The minimum absolute atomic E-state index is 0.432. The van der Waals surface area contributed by atoms with Crippen LogP contribution in [0.25, 0.3) is 0 Å². The van der Waals surface area contributed by atoms with Crippen LogP contribution in [0.4, 0.5) is 0 Å². The third-order valence-electron chi connectivity index (χ3n) is 3.76. The average molecular weight is 293 g/mol. The van der Waals surface area contributed by atoms with Gasteiger partial charge in [0.1, 0.15) is 5.60 Å². The third kappa shape index (κ3) is 5.04. The zero-order chi connectivity index (χ0) is 16.0. The second kappa shape index (κ2) is 7.85. The molecule has 0 bridgehead atoms. The topological polar surface area (TPSA) is 47.0 Å². The van der Waals surface area contributed by atoms with Crippen molar-refractivity contribution in [1.82, 2.24) is 15.3 Å². The molecule has 0 radical (unpaired) electrons. The number of hydrogen-bond acceptors (Lipinski definition) is 4. The lowest BCUT2D eigenvalue weighted by molar-refractivity contribution is -0.0210. The second-order valence-corrected chi connectivity index (χ2v) is 6.26. The Morgan fingerprint density at radius 3 is 2.19 bits per heavy atom. The fourth-order valence-corrected chi connectivity index (χ4v) is 2.54. The minimum atomic E-state index is -0.432. The summed E-state index contributed by atoms with van der Waals surface area (Å²) in [6.45, 7) is 17.3. The molecule has 0 fully saturated rings. The van der Waals surface area contributed by atoms with Crippen LogP contribution in [0.15, 0.2) is 0 Å². The molecule has 0 aliphatic heterocycles. The Morgan fingerprint density at radius 2 is 1.71 bits per heavy atom. The largest absolute Gasteiger partial charge is 0.368 e. The standard InChI is InChI=1S/C17H31N3O/c1-8-18-11-12(3)10-15-13(4)19-16(20-14(15)5)17(6,7)21-9-2/h12,18H,8-11H2,1-7H3. The number of ether oxygens (including phenoxy) is 1. The monoisotopic (exact) mass is 293 g/mol. The Labute approximate surface area is 129 Å². The van der Waals surface area contributed by atoms with Gasteiger partial charge in [-0.2, -0.15) is 0 Å². The number of hydrogen-bond donors (Lipinski definition) is 1. The Balaban J connectivity index is 2.95. The van der Waals surface area contributed by atoms with E-state index in [1.807, 2.05) is 20.8 Å². The van der Waals surface area contributed by atoms with E-state index in [1.165, 1.54) is 5.56 Å². The summed E-state index contributed by atoms with van der Waals surface area (Å²) in [5, 5.41) is 3.40. The summed E-state index contributed by atoms with van der Waals surface area (Å²) in [5.41, 5.74) is 3.00. The second-order valence-electron chi connectivity index (χ2n) is 6.26. The SMILES string of the molecule is CCNCC(C)Cc1c(C)nc(C(C)(C)OCC)nc1C. The average Bonchev–Trinajstić information content (AvgIpc) is 2.40. The predicted octanol–water partition coefficient (Wildman–Crippen LogP) is 3.15. The molecule has 1 atom stereocenters. The van der Waals surface area contributed by atoms with Gasteiger partial charge in [-0.05, 0) is 65.6 Å². The molecule has 21 heavy (non-hydrogen) atoms. The van der Waals surface area contributed by atoms with Crippen LogP contribution in [0.2, 0.25) is 0 Å². The van der Waals surface area contributed by atoms with Crippen LogP contribution in [0, 0.1) is 19.8 Å². The first-order chi connectivity index (χ1) is 9.81. The van der Waals surface area contributed by atoms with Crippen molar-refractivity contribution >= 4 is 0 Å². The molecule has 4 nitrogen and oxygen atoms in total. The highest BCUT2D eigenvalue weighted by molar-refractivity contribution is 5.26. The van der Waals surface area contributed by atoms with Crippen LogP contribution in [-0.2, 0) is 16.8 Å². The van der Waals surface area contributed by atoms with Gasteiger partial charge in [-0.3, -0.25) is 0 Å². The number of nitrogens with zero attached hydrogens (tertiary/aromatic N) is 2. The van der Waals surface area contributed by atoms with Gasteiger partial charge in [0.15, 0.2) is 5.82 Å². The van der Waals surface area contributed by atoms with Crippen molar-refractivity contribution in [2.24, 2.45) is 5.92 Å². The molecular formula is C17H31N3O. The van der Waals surface area contributed by atoms with Crippen LogP contribution in [0.1, 0.15) is 57.4 Å². The van der Waals surface area contributed by atoms with Crippen molar-refractivity contribution in [3.05, 3.63) is 22.8 Å². The lowest BCUT2D eigenvalue weighted by Crippen LogP contribution is -2.27. The van der Waals surface area contributed by atoms with Gasteiger partial charge in [0.05, 0.1) is 0 Å². The maximum Gasteiger partial charge on any atom is 0.160 e. The quantitative estimate of drug-likeness (QED) is 0.800. The molecule has 0 aliphatic rings. The fraction of sp³-hybridized carbons (Fsp3) is 0.765. The first-order valence-corrected chi connectivity index (χ1v) is 8.01. The van der Waals surface area contributed by atoms with E-state index in [4.69, 9.17) is 14.7 Å². The van der Waals surface area contributed by atoms with Crippen molar-refractivity contribution in [1.29, 1.82) is 0 Å². The number of nitrogens with one attached hydrogen (secondary N) is 1. The van der Waals surface area contributed by atoms with Crippen LogP contribution in [0.3, 0.4) is 0 Å². The summed E-state index contributed by atoms with van der Waals surface area (Å²) < 4.78 is 5.76. The molecule has 1 rings (SSSR count). The first-order valence-electron chi connectivity index (χ1n) is 8.01. The van der Waals surface area contributed by atoms with E-state index in [0.717, 1.165) is 36.7 Å². The van der Waals surface area contributed by atoms with E-state index >= 15 is 0 Å². The van der Waals surface area contributed by atoms with Crippen molar-refractivity contribution in [2.75, 3.05) is 19.7 Å². The van der Waals surface area contributed by atoms with Crippen LogP contribution >= 0.6 is 0 Å². The summed E-state index contributed by atoms with van der Waals surface area (Å²) in [6, 6.07) is 0. The molecule has 0 saturated heterocycles. The zero-order valence-electron chi connectivity index (χ0n) is 14.7. The highest BCUT2D eigenvalue weighted by Gasteiger charge is 2.25. The van der Waals surface area contributed by atoms with E-state index in [-0.39, 0.29) is 0 Å². The van der Waals surface area contributed by atoms with Crippen molar-refractivity contribution < 1.29 is 4.74 Å². The highest BCUT2D eigenvalue weighted by Crippen LogP contribution is 2.24. The lowest BCUT2D eigenvalue weighted by Gasteiger charge is -2.25. The van der Waals surface area contributed by atoms with Crippen molar-refractivity contribution in [2.45, 2.75) is 60.5 Å². The number of aryl methyl sites for hydroxylation is 2. The minimum Gasteiger partial charge on any atom is -0.368 e. The highest BCUT2D eigenvalue weighted by atomic mass is 16.5. The molecule has 1 aromatic rings. The molecule has 0 saturated carbocycles. The van der Waals surface area contributed by atoms with Crippen LogP contribution in [0.5, 0.6) is 0 Å². The Kier molecular flexibility index (Phi) is 6.75. The molecule has 4 heteroatoms. The Bertz CT molecular complexity index is 434. The summed E-state index contributed by atoms with van der Waals surface area (Å²) in [5.74, 6) is 1.36. The summed E-state index contributed by atoms with van der Waals surface area (Å²) in [6.07, 6.45) is 1.01. The van der Waals surface area contributed by atoms with E-state index in [2.05, 4.69) is 33.0 Å². The van der Waals surface area contributed by atoms with Gasteiger partial charge in [-0.25, -0.2) is 9.97 Å². The summed E-state index contributed by atoms with van der Waals surface area (Å²) in [4.78, 5) is 9.40. The van der Waals surface area contributed by atoms with Gasteiger partial charge in [0.25, 0.3) is 0 Å². The lowest BCUT2D eigenvalue weighted by atomic mass is 9.98. The van der Waals surface area contributed by atoms with Crippen LogP contribution < -0.4 is 5.32 Å². The molecule has 1 heterocycles. The maximum atomic E-state index is 5.76. The predicted molar refractivity (Wildman–Crippen MR) is 87.6 cm³/mol. The van der Waals surface area contributed by atoms with Crippen molar-refractivity contribution in [3.63, 3.8) is 0 Å². The molecule has 1 N–H and O–H groups in total. The van der Waals surface area contributed by atoms with E-state index < -0.39 is 5.60 Å². The molecule has 0 amide bonds. The van der Waals surface area contributed by atoms with Gasteiger partial charge in [-0.15, -0.1) is 0 Å². The van der Waals surface area contributed by atoms with E-state index in [0.29, 0.717) is 12.5 Å². The molecule has 1 aromatic heterocycles. The van der Waals surface area contributed by atoms with Crippen LogP contribution in [-0.4, -0.2) is 29.7 Å². The number of aromatic nitrogens is 2. The van der Waals surface area contributed by atoms with Gasteiger partial charge < -0.3 is 10.1 Å². The maximum absolute atomic E-state index is 5.76. The summed E-state index contributed by atoms with van der Waals surface area (Å²) in [7, 11) is 0. The van der Waals surface area contributed by atoms with Crippen molar-refractivity contribution in [3.8, 4) is 0 Å². The molecule has 120 valence electrons. The molecule has 1 unspecified atom stereocenters. The Hall–Kier alpha value is -1.00. The van der Waals surface area contributed by atoms with E-state index in [9.17, 15) is 0 Å². The van der Waals surface area contributed by atoms with Gasteiger partial charge in [0.2, 0.25) is 0 Å². The fourth-order valence-electron chi connectivity index (χ4n) is 2.54. The smallest absolute Gasteiger partial charge is 0.160 e. The zero-order valence-corrected chi connectivity index (χ0v) is 14.7. The molecular weight excluding hydrogens is 262 g/mol. The normalized spacial score (nSPS) is 13.5. The summed E-state index contributed by atoms with van der Waals surface area (Å²) >= 11 is 0. The number of rotatable bonds is 8. The molecule has 0 spiro atoms. The van der Waals surface area contributed by atoms with Gasteiger partial charge in [0, 0.05) is 18.0 Å². The van der Waals surface area contributed by atoms with Gasteiger partial charge >= 0.3 is 0 Å². The van der Waals surface area contributed by atoms with Gasteiger partial charge in [-0.1, -0.05) is 13.8 Å². The first kappa shape index (κ1) is 18.1. The third-order valence-corrected chi connectivity index (χ3v) is 3.76. The molecule has 0 aromatic carbocycles. The molecule has 0 aliphatic carbocycles. The van der Waals surface area contributed by atoms with E-state index in [1.54, 1.807) is 0 Å². The Morgan fingerprint density at radius 1 is 1.14 bits per heavy atom.